The number of hydrogen-bond donors (Lipinski definition) is 1. The van der Waals surface area contributed by atoms with Gasteiger partial charge in [0.25, 0.3) is 0 Å². The lowest BCUT2D eigenvalue weighted by atomic mass is 10.1. The minimum absolute atomic E-state index is 0.00387. The van der Waals surface area contributed by atoms with Crippen LogP contribution in [0.3, 0.4) is 0 Å². The first-order chi connectivity index (χ1) is 14.2. The van der Waals surface area contributed by atoms with Gasteiger partial charge in [-0.15, -0.1) is 11.3 Å². The molecule has 0 aliphatic carbocycles. The number of anilines is 1. The Bertz CT molecular complexity index is 1040. The number of benzene rings is 1. The van der Waals surface area contributed by atoms with Gasteiger partial charge >= 0.3 is 0 Å². The molecule has 0 atom stereocenters. The van der Waals surface area contributed by atoms with E-state index in [9.17, 15) is 4.79 Å². The Hall–Kier alpha value is -2.44. The quantitative estimate of drug-likeness (QED) is 0.564. The topological polar surface area (TPSA) is 50.2 Å². The van der Waals surface area contributed by atoms with E-state index >= 15 is 0 Å². The lowest BCUT2D eigenvalue weighted by Gasteiger charge is -2.17. The predicted molar refractivity (Wildman–Crippen MR) is 126 cm³/mol. The van der Waals surface area contributed by atoms with Crippen molar-refractivity contribution in [1.82, 2.24) is 14.5 Å². The van der Waals surface area contributed by atoms with Crippen LogP contribution in [0.5, 0.6) is 0 Å². The number of carbonyl (C=O) groups excluding carboxylic acids is 1. The molecule has 0 saturated heterocycles. The number of nitrogens with zero attached hydrogens (tertiary/aromatic N) is 3. The van der Waals surface area contributed by atoms with Crippen LogP contribution in [0.4, 0.5) is 5.69 Å². The van der Waals surface area contributed by atoms with Crippen molar-refractivity contribution >= 4 is 22.9 Å². The normalized spacial score (nSPS) is 11.3. The highest BCUT2D eigenvalue weighted by atomic mass is 32.1. The Morgan fingerprint density at radius 1 is 1.13 bits per heavy atom. The summed E-state index contributed by atoms with van der Waals surface area (Å²) >= 11 is 1.65. The average molecular weight is 425 g/mol. The third-order valence-electron chi connectivity index (χ3n) is 5.48. The maximum Gasteiger partial charge on any atom is 0.238 e. The first-order valence-corrected chi connectivity index (χ1v) is 11.2. The smallest absolute Gasteiger partial charge is 0.238 e. The van der Waals surface area contributed by atoms with Crippen LogP contribution in [0.2, 0.25) is 0 Å². The number of nitrogens with one attached hydrogen (secondary N) is 1. The summed E-state index contributed by atoms with van der Waals surface area (Å²) in [6.45, 7) is 14.5. The van der Waals surface area contributed by atoms with Crippen molar-refractivity contribution in [3.63, 3.8) is 0 Å². The van der Waals surface area contributed by atoms with Crippen molar-refractivity contribution in [2.24, 2.45) is 0 Å². The molecule has 30 heavy (non-hydrogen) atoms. The van der Waals surface area contributed by atoms with Gasteiger partial charge in [0.15, 0.2) is 0 Å². The number of aryl methyl sites for hydroxylation is 4. The molecule has 0 saturated carbocycles. The van der Waals surface area contributed by atoms with Crippen LogP contribution in [-0.2, 0) is 17.9 Å². The molecule has 2 heterocycles. The fraction of sp³-hybridized carbons (Fsp3) is 0.417. The Morgan fingerprint density at radius 2 is 1.80 bits per heavy atom. The van der Waals surface area contributed by atoms with Crippen molar-refractivity contribution in [2.75, 3.05) is 18.9 Å². The van der Waals surface area contributed by atoms with Crippen LogP contribution >= 0.6 is 11.3 Å². The first kappa shape index (κ1) is 22.2. The van der Waals surface area contributed by atoms with Gasteiger partial charge in [0.05, 0.1) is 18.8 Å². The maximum absolute atomic E-state index is 12.6. The summed E-state index contributed by atoms with van der Waals surface area (Å²) in [7, 11) is 1.96. The van der Waals surface area contributed by atoms with Crippen LogP contribution in [0.15, 0.2) is 23.6 Å². The van der Waals surface area contributed by atoms with Gasteiger partial charge in [-0.05, 0) is 65.8 Å². The Labute approximate surface area is 183 Å². The van der Waals surface area contributed by atoms with Crippen LogP contribution in [-0.4, -0.2) is 34.0 Å². The molecule has 0 aliphatic rings. The molecule has 0 aliphatic heterocycles. The second kappa shape index (κ2) is 9.14. The molecule has 1 aromatic carbocycles. The average Bonchev–Trinajstić information content (AvgIpc) is 3.21. The molecule has 1 amide bonds. The van der Waals surface area contributed by atoms with Gasteiger partial charge in [0.1, 0.15) is 5.01 Å². The minimum Gasteiger partial charge on any atom is -0.349 e. The van der Waals surface area contributed by atoms with Crippen molar-refractivity contribution in [3.05, 3.63) is 56.7 Å². The number of carbonyl (C=O) groups is 1. The lowest BCUT2D eigenvalue weighted by Crippen LogP contribution is -2.30. The van der Waals surface area contributed by atoms with E-state index in [0.29, 0.717) is 13.1 Å². The van der Waals surface area contributed by atoms with E-state index in [1.165, 1.54) is 22.5 Å². The highest BCUT2D eigenvalue weighted by Crippen LogP contribution is 2.28. The third-order valence-corrected chi connectivity index (χ3v) is 6.31. The SMILES string of the molecule is CCn1c(C)cc(-c2csc(CN(C)CC(=O)Nc3c(C)cc(C)cc3C)n2)c1C. The molecule has 0 radical (unpaired) electrons. The second-order valence-corrected chi connectivity index (χ2v) is 9.09. The van der Waals surface area contributed by atoms with Crippen LogP contribution in [0.1, 0.15) is 40.0 Å². The Morgan fingerprint density at radius 3 is 2.40 bits per heavy atom. The molecule has 0 bridgehead atoms. The summed E-state index contributed by atoms with van der Waals surface area (Å²) in [5.74, 6) is -0.00387. The Kier molecular flexibility index (Phi) is 6.78. The van der Waals surface area contributed by atoms with Crippen molar-refractivity contribution in [3.8, 4) is 11.3 Å². The number of likely N-dealkylation sites (N-methyl/N-ethyl adjacent to an activating group) is 1. The molecule has 160 valence electrons. The number of amides is 1. The number of rotatable bonds is 7. The lowest BCUT2D eigenvalue weighted by molar-refractivity contribution is -0.117. The molecule has 5 nitrogen and oxygen atoms in total. The largest absolute Gasteiger partial charge is 0.349 e. The zero-order chi connectivity index (χ0) is 22.0. The molecule has 6 heteroatoms. The number of aromatic nitrogens is 2. The van der Waals surface area contributed by atoms with Gasteiger partial charge in [0, 0.05) is 34.6 Å². The standard InChI is InChI=1S/C24H32N4OS/c1-8-28-18(5)11-20(19(28)6)21-14-30-23(25-21)13-27(7)12-22(29)26-24-16(3)9-15(2)10-17(24)4/h9-11,14H,8,12-13H2,1-7H3,(H,26,29). The predicted octanol–water partition coefficient (Wildman–Crippen LogP) is 5.24. The molecule has 3 rings (SSSR count). The van der Waals surface area contributed by atoms with Gasteiger partial charge in [-0.2, -0.15) is 0 Å². The minimum atomic E-state index is -0.00387. The summed E-state index contributed by atoms with van der Waals surface area (Å²) in [6, 6.07) is 6.40. The zero-order valence-corrected chi connectivity index (χ0v) is 19.9. The third kappa shape index (κ3) is 4.82. The van der Waals surface area contributed by atoms with Crippen LogP contribution in [0.25, 0.3) is 11.3 Å². The van der Waals surface area contributed by atoms with Gasteiger partial charge in [0.2, 0.25) is 5.91 Å². The Balaban J connectivity index is 1.63. The molecule has 1 N–H and O–H groups in total. The summed E-state index contributed by atoms with van der Waals surface area (Å²) in [5.41, 5.74) is 9.05. The summed E-state index contributed by atoms with van der Waals surface area (Å²) in [6.07, 6.45) is 0. The van der Waals surface area contributed by atoms with Crippen LogP contribution in [0, 0.1) is 34.6 Å². The monoisotopic (exact) mass is 424 g/mol. The fourth-order valence-electron chi connectivity index (χ4n) is 4.14. The van der Waals surface area contributed by atoms with E-state index in [4.69, 9.17) is 4.98 Å². The van der Waals surface area contributed by atoms with Crippen molar-refractivity contribution in [2.45, 2.75) is 54.6 Å². The highest BCUT2D eigenvalue weighted by Gasteiger charge is 2.15. The second-order valence-electron chi connectivity index (χ2n) is 8.15. The number of thiazole rings is 1. The first-order valence-electron chi connectivity index (χ1n) is 10.4. The van der Waals surface area contributed by atoms with E-state index < -0.39 is 0 Å². The van der Waals surface area contributed by atoms with Gasteiger partial charge in [-0.1, -0.05) is 17.7 Å². The molecule has 2 aromatic heterocycles. The molecule has 3 aromatic rings. The van der Waals surface area contributed by atoms with Gasteiger partial charge in [-0.3, -0.25) is 9.69 Å². The summed E-state index contributed by atoms with van der Waals surface area (Å²) in [4.78, 5) is 19.4. The molecular weight excluding hydrogens is 392 g/mol. The van der Waals surface area contributed by atoms with Crippen molar-refractivity contribution < 1.29 is 4.79 Å². The van der Waals surface area contributed by atoms with E-state index in [0.717, 1.165) is 34.1 Å². The molecule has 0 unspecified atom stereocenters. The molecule has 0 spiro atoms. The molecular formula is C24H32N4OS. The van der Waals surface area contributed by atoms with Gasteiger partial charge < -0.3 is 9.88 Å². The van der Waals surface area contributed by atoms with Crippen LogP contribution < -0.4 is 5.32 Å². The fourth-order valence-corrected chi connectivity index (χ4v) is 5.02. The van der Waals surface area contributed by atoms with E-state index in [1.807, 2.05) is 25.8 Å². The summed E-state index contributed by atoms with van der Waals surface area (Å²) in [5, 5.41) is 6.21. The zero-order valence-electron chi connectivity index (χ0n) is 19.1. The maximum atomic E-state index is 12.6. The van der Waals surface area contributed by atoms with Gasteiger partial charge in [-0.25, -0.2) is 4.98 Å². The van der Waals surface area contributed by atoms with E-state index in [-0.39, 0.29) is 5.91 Å². The van der Waals surface area contributed by atoms with E-state index in [2.05, 4.69) is 61.2 Å². The number of hydrogen-bond acceptors (Lipinski definition) is 4. The van der Waals surface area contributed by atoms with Crippen molar-refractivity contribution in [1.29, 1.82) is 0 Å². The van der Waals surface area contributed by atoms with E-state index in [1.54, 1.807) is 11.3 Å². The summed E-state index contributed by atoms with van der Waals surface area (Å²) < 4.78 is 2.31. The highest BCUT2D eigenvalue weighted by molar-refractivity contribution is 7.09. The molecule has 0 fully saturated rings.